The van der Waals surface area contributed by atoms with Gasteiger partial charge in [0.05, 0.1) is 5.69 Å². The van der Waals surface area contributed by atoms with Gasteiger partial charge in [-0.25, -0.2) is 4.98 Å². The maximum Gasteiger partial charge on any atom is 0.265 e. The van der Waals surface area contributed by atoms with E-state index in [1.165, 1.54) is 22.5 Å². The number of halogens is 1. The van der Waals surface area contributed by atoms with Crippen molar-refractivity contribution in [1.29, 1.82) is 0 Å². The third-order valence-electron chi connectivity index (χ3n) is 5.72. The second kappa shape index (κ2) is 8.91. The van der Waals surface area contributed by atoms with Gasteiger partial charge in [0.25, 0.3) is 5.91 Å². The van der Waals surface area contributed by atoms with Crippen molar-refractivity contribution in [3.8, 4) is 10.6 Å². The Balaban J connectivity index is 0.00000225. The number of amides is 1. The number of aryl methyl sites for hydroxylation is 3. The number of hydrogen-bond acceptors (Lipinski definition) is 5. The van der Waals surface area contributed by atoms with Crippen molar-refractivity contribution in [1.82, 2.24) is 20.1 Å². The molecule has 28 heavy (non-hydrogen) atoms. The second-order valence-electron chi connectivity index (χ2n) is 7.73. The molecule has 2 fully saturated rings. The largest absolute Gasteiger partial charge is 0.336 e. The summed E-state index contributed by atoms with van der Waals surface area (Å²) in [7, 11) is 0. The molecule has 3 heterocycles. The zero-order chi connectivity index (χ0) is 19.0. The molecule has 0 bridgehead atoms. The Morgan fingerprint density at radius 1 is 1.18 bits per heavy atom. The lowest BCUT2D eigenvalue weighted by Crippen LogP contribution is -2.49. The summed E-state index contributed by atoms with van der Waals surface area (Å²) in [6.45, 7) is 12.1. The minimum Gasteiger partial charge on any atom is -0.336 e. The number of rotatable bonds is 3. The van der Waals surface area contributed by atoms with E-state index in [-0.39, 0.29) is 18.3 Å². The van der Waals surface area contributed by atoms with Gasteiger partial charge in [-0.05, 0) is 32.8 Å². The standard InChI is InChI=1S/C21H28N4OS.ClH/c1-14-4-5-18(15(2)12-14)20-23-16(3)19(27-20)21(26)25-9-6-17(13-25)24-10-7-22-8-11-24;/h4-5,12,17,22H,6-11,13H2,1-3H3;1H. The molecule has 1 aromatic carbocycles. The van der Waals surface area contributed by atoms with Crippen molar-refractivity contribution in [2.45, 2.75) is 33.2 Å². The van der Waals surface area contributed by atoms with Crippen LogP contribution >= 0.6 is 23.7 Å². The van der Waals surface area contributed by atoms with E-state index in [1.54, 1.807) is 0 Å². The molecule has 5 nitrogen and oxygen atoms in total. The van der Waals surface area contributed by atoms with Crippen LogP contribution in [-0.4, -0.2) is 66.0 Å². The average molecular weight is 421 g/mol. The summed E-state index contributed by atoms with van der Waals surface area (Å²) in [6, 6.07) is 6.90. The molecule has 0 saturated carbocycles. The molecule has 1 aromatic heterocycles. The third kappa shape index (κ3) is 4.25. The first-order valence-electron chi connectivity index (χ1n) is 9.82. The van der Waals surface area contributed by atoms with Crippen LogP contribution in [0.4, 0.5) is 0 Å². The normalized spacial score (nSPS) is 20.2. The highest BCUT2D eigenvalue weighted by molar-refractivity contribution is 7.17. The Bertz CT molecular complexity index is 847. The smallest absolute Gasteiger partial charge is 0.265 e. The van der Waals surface area contributed by atoms with Crippen LogP contribution in [0.2, 0.25) is 0 Å². The molecular formula is C21H29ClN4OS. The zero-order valence-corrected chi connectivity index (χ0v) is 18.5. The quantitative estimate of drug-likeness (QED) is 0.827. The SMILES string of the molecule is Cc1ccc(-c2nc(C)c(C(=O)N3CCC(N4CCNCC4)C3)s2)c(C)c1.Cl. The first-order valence-corrected chi connectivity index (χ1v) is 10.6. The maximum atomic E-state index is 13.1. The fourth-order valence-electron chi connectivity index (χ4n) is 4.18. The van der Waals surface area contributed by atoms with E-state index in [1.807, 2.05) is 11.8 Å². The number of benzene rings is 1. The number of aromatic nitrogens is 1. The van der Waals surface area contributed by atoms with E-state index in [0.29, 0.717) is 6.04 Å². The van der Waals surface area contributed by atoms with E-state index in [0.717, 1.165) is 66.8 Å². The predicted octanol–water partition coefficient (Wildman–Crippen LogP) is 3.28. The summed E-state index contributed by atoms with van der Waals surface area (Å²) >= 11 is 1.54. The average Bonchev–Trinajstić information content (AvgIpc) is 3.29. The van der Waals surface area contributed by atoms with Crippen LogP contribution in [0.25, 0.3) is 10.6 Å². The molecule has 1 atom stereocenters. The highest BCUT2D eigenvalue weighted by Crippen LogP contribution is 2.32. The van der Waals surface area contributed by atoms with Gasteiger partial charge >= 0.3 is 0 Å². The highest BCUT2D eigenvalue weighted by Gasteiger charge is 2.32. The van der Waals surface area contributed by atoms with Crippen LogP contribution in [0, 0.1) is 20.8 Å². The van der Waals surface area contributed by atoms with Gasteiger partial charge in [-0.2, -0.15) is 0 Å². The molecule has 2 aliphatic heterocycles. The van der Waals surface area contributed by atoms with Crippen LogP contribution in [-0.2, 0) is 0 Å². The first kappa shape index (κ1) is 21.2. The van der Waals surface area contributed by atoms with E-state index in [2.05, 4.69) is 42.3 Å². The van der Waals surface area contributed by atoms with E-state index >= 15 is 0 Å². The number of thiazole rings is 1. The van der Waals surface area contributed by atoms with E-state index in [4.69, 9.17) is 4.98 Å². The molecule has 1 amide bonds. The lowest BCUT2D eigenvalue weighted by molar-refractivity contribution is 0.0777. The molecule has 152 valence electrons. The third-order valence-corrected chi connectivity index (χ3v) is 6.90. The zero-order valence-electron chi connectivity index (χ0n) is 16.8. The number of nitrogens with zero attached hydrogens (tertiary/aromatic N) is 3. The number of carbonyl (C=O) groups excluding carboxylic acids is 1. The minimum atomic E-state index is 0. The fraction of sp³-hybridized carbons (Fsp3) is 0.524. The molecular weight excluding hydrogens is 392 g/mol. The van der Waals surface area contributed by atoms with Gasteiger partial charge in [-0.3, -0.25) is 9.69 Å². The lowest BCUT2D eigenvalue weighted by Gasteiger charge is -2.32. The van der Waals surface area contributed by atoms with Gasteiger partial charge in [-0.1, -0.05) is 23.8 Å². The van der Waals surface area contributed by atoms with Gasteiger partial charge < -0.3 is 10.2 Å². The van der Waals surface area contributed by atoms with Crippen molar-refractivity contribution in [3.05, 3.63) is 39.9 Å². The summed E-state index contributed by atoms with van der Waals surface area (Å²) in [4.78, 5) is 23.2. The molecule has 2 aliphatic rings. The fourth-order valence-corrected chi connectivity index (χ4v) is 5.30. The van der Waals surface area contributed by atoms with E-state index < -0.39 is 0 Å². The lowest BCUT2D eigenvalue weighted by atomic mass is 10.1. The Morgan fingerprint density at radius 2 is 1.93 bits per heavy atom. The van der Waals surface area contributed by atoms with Gasteiger partial charge in [0.2, 0.25) is 0 Å². The van der Waals surface area contributed by atoms with Crippen molar-refractivity contribution in [3.63, 3.8) is 0 Å². The van der Waals surface area contributed by atoms with E-state index in [9.17, 15) is 4.79 Å². The van der Waals surface area contributed by atoms with Crippen LogP contribution in [0.3, 0.4) is 0 Å². The Kier molecular flexibility index (Phi) is 6.76. The number of hydrogen-bond donors (Lipinski definition) is 1. The summed E-state index contributed by atoms with van der Waals surface area (Å²) in [5.41, 5.74) is 4.44. The summed E-state index contributed by atoms with van der Waals surface area (Å²) < 4.78 is 0. The van der Waals surface area contributed by atoms with Crippen molar-refractivity contribution in [2.75, 3.05) is 39.3 Å². The Morgan fingerprint density at radius 3 is 2.64 bits per heavy atom. The minimum absolute atomic E-state index is 0. The van der Waals surface area contributed by atoms with Crippen LogP contribution in [0.15, 0.2) is 18.2 Å². The molecule has 2 saturated heterocycles. The van der Waals surface area contributed by atoms with Gasteiger partial charge in [-0.15, -0.1) is 23.7 Å². The molecule has 0 aliphatic carbocycles. The van der Waals surface area contributed by atoms with Gasteiger partial charge in [0.15, 0.2) is 0 Å². The second-order valence-corrected chi connectivity index (χ2v) is 8.73. The summed E-state index contributed by atoms with van der Waals surface area (Å²) in [5, 5.41) is 4.35. The van der Waals surface area contributed by atoms with Gasteiger partial charge in [0, 0.05) is 50.9 Å². The number of carbonyl (C=O) groups is 1. The molecule has 7 heteroatoms. The summed E-state index contributed by atoms with van der Waals surface area (Å²) in [6.07, 6.45) is 1.08. The first-order chi connectivity index (χ1) is 13.0. The van der Waals surface area contributed by atoms with Crippen LogP contribution in [0.1, 0.15) is 32.9 Å². The molecule has 1 N–H and O–H groups in total. The molecule has 2 aromatic rings. The predicted molar refractivity (Wildman–Crippen MR) is 118 cm³/mol. The molecule has 0 radical (unpaired) electrons. The van der Waals surface area contributed by atoms with Crippen molar-refractivity contribution >= 4 is 29.7 Å². The summed E-state index contributed by atoms with van der Waals surface area (Å²) in [5.74, 6) is 0.152. The molecule has 4 rings (SSSR count). The van der Waals surface area contributed by atoms with Crippen molar-refractivity contribution < 1.29 is 4.79 Å². The number of likely N-dealkylation sites (tertiary alicyclic amines) is 1. The Hall–Kier alpha value is -1.47. The maximum absolute atomic E-state index is 13.1. The van der Waals surface area contributed by atoms with Crippen molar-refractivity contribution in [2.24, 2.45) is 0 Å². The van der Waals surface area contributed by atoms with Crippen LogP contribution < -0.4 is 5.32 Å². The van der Waals surface area contributed by atoms with Crippen LogP contribution in [0.5, 0.6) is 0 Å². The Labute approximate surface area is 177 Å². The molecule has 0 spiro atoms. The monoisotopic (exact) mass is 420 g/mol. The van der Waals surface area contributed by atoms with Gasteiger partial charge in [0.1, 0.15) is 9.88 Å². The number of nitrogens with one attached hydrogen (secondary N) is 1. The number of piperazine rings is 1. The molecule has 1 unspecified atom stereocenters. The topological polar surface area (TPSA) is 48.5 Å². The highest BCUT2D eigenvalue weighted by atomic mass is 35.5.